The van der Waals surface area contributed by atoms with Crippen LogP contribution in [0, 0.1) is 28.9 Å². The van der Waals surface area contributed by atoms with Crippen LogP contribution < -0.4 is 5.73 Å². The fourth-order valence-electron chi connectivity index (χ4n) is 6.58. The van der Waals surface area contributed by atoms with Crippen LogP contribution in [0.3, 0.4) is 0 Å². The van der Waals surface area contributed by atoms with Gasteiger partial charge in [0.15, 0.2) is 0 Å². The first-order valence-corrected chi connectivity index (χ1v) is 13.9. The van der Waals surface area contributed by atoms with Crippen molar-refractivity contribution in [2.24, 2.45) is 11.7 Å². The third-order valence-corrected chi connectivity index (χ3v) is 8.57. The quantitative estimate of drug-likeness (QED) is 0.201. The number of aromatic amines is 1. The zero-order valence-corrected chi connectivity index (χ0v) is 23.0. The van der Waals surface area contributed by atoms with E-state index in [0.717, 1.165) is 12.1 Å². The van der Waals surface area contributed by atoms with Crippen LogP contribution in [0.1, 0.15) is 64.5 Å². The summed E-state index contributed by atoms with van der Waals surface area (Å²) in [6.45, 7) is 0. The highest BCUT2D eigenvalue weighted by atomic mass is 19.3. The van der Waals surface area contributed by atoms with Crippen LogP contribution in [0.15, 0.2) is 54.7 Å². The molecular formula is C31H21F6N7O. The molecule has 3 heterocycles. The molecule has 0 bridgehead atoms. The highest BCUT2D eigenvalue weighted by Gasteiger charge is 2.67. The molecule has 0 radical (unpaired) electrons. The Bertz CT molecular complexity index is 2010. The van der Waals surface area contributed by atoms with Crippen molar-refractivity contribution in [1.29, 1.82) is 5.26 Å². The lowest BCUT2D eigenvalue weighted by molar-refractivity contribution is -0.122. The summed E-state index contributed by atoms with van der Waals surface area (Å²) in [6, 6.07) is 10.7. The largest absolute Gasteiger partial charge is 0.368 e. The zero-order valence-electron chi connectivity index (χ0n) is 23.0. The first-order valence-electron chi connectivity index (χ1n) is 13.9. The van der Waals surface area contributed by atoms with Crippen LogP contribution in [0.2, 0.25) is 0 Å². The molecule has 5 aromatic rings. The minimum Gasteiger partial charge on any atom is -0.368 e. The molecule has 14 heteroatoms. The maximum atomic E-state index is 15.7. The smallest absolute Gasteiger partial charge is 0.293 e. The zero-order chi connectivity index (χ0) is 31.8. The van der Waals surface area contributed by atoms with E-state index in [0.29, 0.717) is 38.5 Å². The van der Waals surface area contributed by atoms with Gasteiger partial charge in [0.1, 0.15) is 34.6 Å². The van der Waals surface area contributed by atoms with Gasteiger partial charge in [-0.1, -0.05) is 12.1 Å². The summed E-state index contributed by atoms with van der Waals surface area (Å²) in [7, 11) is 0. The first-order chi connectivity index (χ1) is 21.5. The number of nitrogens with one attached hydrogen (secondary N) is 1. The number of primary amides is 1. The highest BCUT2D eigenvalue weighted by molar-refractivity contribution is 5.84. The molecule has 3 aromatic heterocycles. The van der Waals surface area contributed by atoms with E-state index < -0.39 is 65.1 Å². The molecule has 1 amide bonds. The summed E-state index contributed by atoms with van der Waals surface area (Å²) >= 11 is 0. The van der Waals surface area contributed by atoms with E-state index >= 15 is 8.78 Å². The van der Waals surface area contributed by atoms with E-state index in [9.17, 15) is 27.6 Å². The first kappa shape index (κ1) is 28.6. The fourth-order valence-corrected chi connectivity index (χ4v) is 6.58. The van der Waals surface area contributed by atoms with Gasteiger partial charge in [-0.05, 0) is 60.2 Å². The van der Waals surface area contributed by atoms with Crippen LogP contribution in [-0.4, -0.2) is 30.9 Å². The molecule has 2 aliphatic carbocycles. The molecule has 8 nitrogen and oxygen atoms in total. The van der Waals surface area contributed by atoms with Crippen LogP contribution in [0.25, 0.3) is 22.2 Å². The molecule has 7 rings (SSSR count). The number of hydrogen-bond donors (Lipinski definition) is 2. The summed E-state index contributed by atoms with van der Waals surface area (Å²) in [5.41, 5.74) is 5.94. The number of carbonyl (C=O) groups excluding carboxylic acids is 1. The Hall–Kier alpha value is -5.19. The average Bonchev–Trinajstić information content (AvgIpc) is 3.39. The number of fused-ring (bicyclic) bond motifs is 4. The Morgan fingerprint density at radius 3 is 2.47 bits per heavy atom. The molecular weight excluding hydrogens is 600 g/mol. The second kappa shape index (κ2) is 10.2. The number of nitrogens with two attached hydrogens (primary N) is 1. The van der Waals surface area contributed by atoms with Crippen molar-refractivity contribution < 1.29 is 31.1 Å². The summed E-state index contributed by atoms with van der Waals surface area (Å²) in [5, 5.41) is 19.9. The second-order valence-corrected chi connectivity index (χ2v) is 11.3. The lowest BCUT2D eigenvalue weighted by atomic mass is 9.84. The number of benzene rings is 2. The number of H-pyrrole nitrogens is 1. The van der Waals surface area contributed by atoms with Gasteiger partial charge in [-0.2, -0.15) is 24.2 Å². The van der Waals surface area contributed by atoms with Crippen LogP contribution >= 0.6 is 0 Å². The predicted molar refractivity (Wildman–Crippen MR) is 147 cm³/mol. The van der Waals surface area contributed by atoms with E-state index in [1.807, 2.05) is 6.07 Å². The monoisotopic (exact) mass is 621 g/mol. The van der Waals surface area contributed by atoms with Gasteiger partial charge in [0.05, 0.1) is 29.0 Å². The number of aromatic nitrogens is 5. The van der Waals surface area contributed by atoms with Gasteiger partial charge >= 0.3 is 0 Å². The Morgan fingerprint density at radius 2 is 1.82 bits per heavy atom. The number of nitriles is 1. The van der Waals surface area contributed by atoms with Gasteiger partial charge < -0.3 is 5.73 Å². The van der Waals surface area contributed by atoms with Crippen molar-refractivity contribution in [3.8, 4) is 17.2 Å². The van der Waals surface area contributed by atoms with Gasteiger partial charge in [-0.3, -0.25) is 9.89 Å². The van der Waals surface area contributed by atoms with E-state index in [2.05, 4.69) is 20.3 Å². The van der Waals surface area contributed by atoms with Crippen LogP contribution in [-0.2, 0) is 17.1 Å². The normalized spacial score (nSPS) is 19.2. The minimum atomic E-state index is -3.58. The molecule has 0 aliphatic heterocycles. The van der Waals surface area contributed by atoms with E-state index in [1.165, 1.54) is 18.3 Å². The molecule has 228 valence electrons. The Labute approximate surface area is 250 Å². The van der Waals surface area contributed by atoms with Gasteiger partial charge in [-0.15, -0.1) is 0 Å². The lowest BCUT2D eigenvalue weighted by Gasteiger charge is -2.29. The van der Waals surface area contributed by atoms with Crippen molar-refractivity contribution in [2.45, 2.75) is 43.1 Å². The predicted octanol–water partition coefficient (Wildman–Crippen LogP) is 6.17. The summed E-state index contributed by atoms with van der Waals surface area (Å²) in [4.78, 5) is 18.1. The molecule has 2 aliphatic rings. The third-order valence-electron chi connectivity index (χ3n) is 8.57. The number of carbonyl (C=O) groups is 1. The van der Waals surface area contributed by atoms with Crippen molar-refractivity contribution in [3.05, 3.63) is 100 Å². The number of rotatable bonds is 8. The number of amides is 1. The summed E-state index contributed by atoms with van der Waals surface area (Å²) in [6.07, 6.45) is -2.21. The molecule has 0 spiro atoms. The topological polar surface area (TPSA) is 126 Å². The molecule has 1 fully saturated rings. The molecule has 2 aromatic carbocycles. The third kappa shape index (κ3) is 4.61. The molecule has 45 heavy (non-hydrogen) atoms. The van der Waals surface area contributed by atoms with E-state index in [4.69, 9.17) is 5.73 Å². The van der Waals surface area contributed by atoms with Gasteiger partial charge in [0.25, 0.3) is 12.3 Å². The number of hydrogen-bond acceptors (Lipinski definition) is 5. The Kier molecular flexibility index (Phi) is 6.47. The number of pyridine rings is 1. The number of alkyl halides is 4. The van der Waals surface area contributed by atoms with E-state index in [1.54, 1.807) is 18.2 Å². The number of halogens is 6. The average molecular weight is 622 g/mol. The Balaban J connectivity index is 1.50. The summed E-state index contributed by atoms with van der Waals surface area (Å²) in [5.74, 6) is -10.1. The maximum Gasteiger partial charge on any atom is 0.293 e. The van der Waals surface area contributed by atoms with Crippen molar-refractivity contribution in [3.63, 3.8) is 0 Å². The highest BCUT2D eigenvalue weighted by Crippen LogP contribution is 2.68. The number of nitrogens with zero attached hydrogens (tertiary/aromatic N) is 5. The van der Waals surface area contributed by atoms with Crippen molar-refractivity contribution >= 4 is 16.9 Å². The van der Waals surface area contributed by atoms with Gasteiger partial charge in [0, 0.05) is 29.0 Å². The SMILES string of the molecule is N#Cc1ccc(-c2cc3[nH]ncc3nc2[C@@H](Cc2cc(F)cc(F)c2)C(C(N)=O)n2nc(C(F)F)c3c2C(F)(F)[C@@H]2C[C@H]32)cc1. The molecule has 3 N–H and O–H groups in total. The standard InChI is InChI=1S/C31H21F6N7O/c32-16-5-14(6-17(33)8-16)7-20(25-18(10-22-23(41-25)12-40-42-22)15-3-1-13(11-38)2-4-15)27(30(39)45)44-28-24(26(43-44)29(34)35)19-9-21(19)31(28,36)37/h1-6,8,10,12,19-21,27,29H,7,9H2,(H2,39,45)(H,40,42)/t19-,20+,21+,27?/m0/s1. The fraction of sp³-hybridized carbons (Fsp3) is 0.258. The van der Waals surface area contributed by atoms with Crippen LogP contribution in [0.4, 0.5) is 26.3 Å². The maximum absolute atomic E-state index is 15.7. The second-order valence-electron chi connectivity index (χ2n) is 11.3. The van der Waals surface area contributed by atoms with Crippen molar-refractivity contribution in [2.75, 3.05) is 0 Å². The lowest BCUT2D eigenvalue weighted by Crippen LogP contribution is -2.37. The van der Waals surface area contributed by atoms with Gasteiger partial charge in [-0.25, -0.2) is 27.2 Å². The molecule has 1 unspecified atom stereocenters. The summed E-state index contributed by atoms with van der Waals surface area (Å²) < 4.78 is 89.2. The Morgan fingerprint density at radius 1 is 1.11 bits per heavy atom. The van der Waals surface area contributed by atoms with E-state index in [-0.39, 0.29) is 29.7 Å². The minimum absolute atomic E-state index is 0.000200. The van der Waals surface area contributed by atoms with Crippen LogP contribution in [0.5, 0.6) is 0 Å². The molecule has 1 saturated carbocycles. The van der Waals surface area contributed by atoms with Crippen molar-refractivity contribution in [1.82, 2.24) is 25.0 Å². The van der Waals surface area contributed by atoms with Gasteiger partial charge in [0.2, 0.25) is 5.91 Å². The molecule has 0 saturated heterocycles. The molecule has 4 atom stereocenters.